The van der Waals surface area contributed by atoms with Crippen LogP contribution in [0.1, 0.15) is 17.3 Å². The summed E-state index contributed by atoms with van der Waals surface area (Å²) in [6.07, 6.45) is 0. The molecule has 0 aliphatic rings. The minimum atomic E-state index is -1.30. The lowest BCUT2D eigenvalue weighted by molar-refractivity contribution is -0.136. The molecule has 11 nitrogen and oxygen atoms in total. The molecule has 0 bridgehead atoms. The molecule has 11 heteroatoms. The molecule has 3 rings (SSSR count). The monoisotopic (exact) mass is 400 g/mol. The minimum Gasteiger partial charge on any atom is -0.505 e. The topological polar surface area (TPSA) is 152 Å². The molecule has 1 amide bonds. The molecule has 29 heavy (non-hydrogen) atoms. The van der Waals surface area contributed by atoms with Crippen molar-refractivity contribution in [1.29, 1.82) is 0 Å². The van der Waals surface area contributed by atoms with Crippen LogP contribution in [-0.2, 0) is 16.6 Å². The summed E-state index contributed by atoms with van der Waals surface area (Å²) in [4.78, 5) is 46.7. The second kappa shape index (κ2) is 7.46. The maximum Gasteiger partial charge on any atom is 0.322 e. The SMILES string of the molecule is CC(=O)Oc1ccccc1-c1cc2c(O)c(C(=O)NCC(=O)O)c(=O)n(C)n2n1. The molecule has 0 atom stereocenters. The predicted molar refractivity (Wildman–Crippen MR) is 98.8 cm³/mol. The molecule has 2 aromatic heterocycles. The fraction of sp³-hybridized carbons (Fsp3) is 0.167. The standard InChI is InChI=1S/C18H16N4O7/c1-9(23)29-13-6-4-3-5-10(13)11-7-12-16(26)15(17(27)19-8-14(24)25)18(28)21(2)22(12)20-11/h3-7,26H,8H2,1-2H3,(H,19,27)(H,24,25). The van der Waals surface area contributed by atoms with Gasteiger partial charge in [-0.25, -0.2) is 4.68 Å². The third-order valence-electron chi connectivity index (χ3n) is 4.01. The molecular formula is C18H16N4O7. The number of ether oxygens (including phenoxy) is 1. The normalized spacial score (nSPS) is 10.7. The van der Waals surface area contributed by atoms with Crippen LogP contribution in [0.3, 0.4) is 0 Å². The van der Waals surface area contributed by atoms with E-state index in [2.05, 4.69) is 5.10 Å². The number of carbonyl (C=O) groups is 3. The van der Waals surface area contributed by atoms with E-state index in [0.29, 0.717) is 5.56 Å². The summed E-state index contributed by atoms with van der Waals surface area (Å²) >= 11 is 0. The Bertz CT molecular complexity index is 1210. The zero-order valence-electron chi connectivity index (χ0n) is 15.4. The zero-order valence-corrected chi connectivity index (χ0v) is 15.4. The van der Waals surface area contributed by atoms with Gasteiger partial charge >= 0.3 is 11.9 Å². The second-order valence-electron chi connectivity index (χ2n) is 6.02. The Morgan fingerprint density at radius 3 is 2.59 bits per heavy atom. The van der Waals surface area contributed by atoms with Crippen LogP contribution in [0.2, 0.25) is 0 Å². The lowest BCUT2D eigenvalue weighted by atomic mass is 10.1. The molecule has 3 N–H and O–H groups in total. The van der Waals surface area contributed by atoms with E-state index >= 15 is 0 Å². The number of carbonyl (C=O) groups excluding carboxylic acids is 2. The highest BCUT2D eigenvalue weighted by Gasteiger charge is 2.24. The van der Waals surface area contributed by atoms with Gasteiger partial charge in [0, 0.05) is 19.5 Å². The van der Waals surface area contributed by atoms with Gasteiger partial charge in [-0.2, -0.15) is 9.73 Å². The number of aromatic hydroxyl groups is 1. The first-order valence-corrected chi connectivity index (χ1v) is 8.30. The molecule has 0 fully saturated rings. The van der Waals surface area contributed by atoms with Gasteiger partial charge in [-0.15, -0.1) is 0 Å². The van der Waals surface area contributed by atoms with Crippen molar-refractivity contribution in [2.75, 3.05) is 6.54 Å². The number of nitrogens with zero attached hydrogens (tertiary/aromatic N) is 3. The summed E-state index contributed by atoms with van der Waals surface area (Å²) in [5, 5.41) is 25.5. The molecule has 2 heterocycles. The first kappa shape index (κ1) is 19.6. The number of rotatable bonds is 5. The van der Waals surface area contributed by atoms with Crippen molar-refractivity contribution in [2.45, 2.75) is 6.92 Å². The maximum atomic E-state index is 12.5. The number of para-hydroxylation sites is 1. The summed E-state index contributed by atoms with van der Waals surface area (Å²) in [6.45, 7) is 0.533. The second-order valence-corrected chi connectivity index (χ2v) is 6.02. The van der Waals surface area contributed by atoms with E-state index in [1.165, 1.54) is 20.0 Å². The van der Waals surface area contributed by atoms with Gasteiger partial charge in [-0.05, 0) is 18.2 Å². The van der Waals surface area contributed by atoms with Gasteiger partial charge in [0.25, 0.3) is 11.5 Å². The number of benzene rings is 1. The number of nitrogens with one attached hydrogen (secondary N) is 1. The smallest absolute Gasteiger partial charge is 0.322 e. The highest BCUT2D eigenvalue weighted by molar-refractivity contribution is 6.00. The highest BCUT2D eigenvalue weighted by Crippen LogP contribution is 2.32. The van der Waals surface area contributed by atoms with Gasteiger partial charge in [-0.1, -0.05) is 12.1 Å². The molecule has 1 aromatic carbocycles. The molecule has 0 aliphatic carbocycles. The first-order chi connectivity index (χ1) is 13.7. The van der Waals surface area contributed by atoms with E-state index in [4.69, 9.17) is 9.84 Å². The Labute approximate surface area is 162 Å². The van der Waals surface area contributed by atoms with Gasteiger partial charge in [0.15, 0.2) is 11.3 Å². The summed E-state index contributed by atoms with van der Waals surface area (Å²) < 4.78 is 7.23. The van der Waals surface area contributed by atoms with Gasteiger partial charge in [-0.3, -0.25) is 19.2 Å². The van der Waals surface area contributed by atoms with E-state index in [1.807, 2.05) is 5.32 Å². The number of esters is 1. The summed E-state index contributed by atoms with van der Waals surface area (Å²) in [6, 6.07) is 7.96. The number of aliphatic carboxylic acids is 1. The number of carboxylic acids is 1. The molecule has 0 aliphatic heterocycles. The fourth-order valence-electron chi connectivity index (χ4n) is 2.74. The van der Waals surface area contributed by atoms with Crippen molar-refractivity contribution >= 4 is 23.4 Å². The first-order valence-electron chi connectivity index (χ1n) is 8.30. The third kappa shape index (κ3) is 3.65. The quantitative estimate of drug-likeness (QED) is 0.404. The average Bonchev–Trinajstić information content (AvgIpc) is 3.10. The lowest BCUT2D eigenvalue weighted by Gasteiger charge is -2.09. The van der Waals surface area contributed by atoms with E-state index in [1.54, 1.807) is 24.3 Å². The number of carboxylic acid groups (broad SMARTS) is 1. The van der Waals surface area contributed by atoms with Gasteiger partial charge in [0.05, 0.1) is 5.69 Å². The van der Waals surface area contributed by atoms with Crippen LogP contribution in [0.15, 0.2) is 35.1 Å². The molecule has 150 valence electrons. The molecule has 0 unspecified atom stereocenters. The van der Waals surface area contributed by atoms with Crippen LogP contribution in [0.5, 0.6) is 11.5 Å². The van der Waals surface area contributed by atoms with E-state index in [0.717, 1.165) is 9.31 Å². The summed E-state index contributed by atoms with van der Waals surface area (Å²) in [5.74, 6) is -3.29. The third-order valence-corrected chi connectivity index (χ3v) is 4.01. The van der Waals surface area contributed by atoms with Crippen molar-refractivity contribution in [3.63, 3.8) is 0 Å². The summed E-state index contributed by atoms with van der Waals surface area (Å²) in [7, 11) is 1.33. The van der Waals surface area contributed by atoms with Crippen LogP contribution in [0.25, 0.3) is 16.8 Å². The Kier molecular flexibility index (Phi) is 5.05. The largest absolute Gasteiger partial charge is 0.505 e. The Balaban J connectivity index is 2.17. The number of amides is 1. The zero-order chi connectivity index (χ0) is 21.3. The number of fused-ring (bicyclic) bond motifs is 1. The molecule has 0 saturated carbocycles. The van der Waals surface area contributed by atoms with Gasteiger partial charge in [0.1, 0.15) is 17.8 Å². The van der Waals surface area contributed by atoms with Crippen molar-refractivity contribution in [2.24, 2.45) is 7.05 Å². The fourth-order valence-corrected chi connectivity index (χ4v) is 2.74. The number of aryl methyl sites for hydroxylation is 1. The minimum absolute atomic E-state index is 0.0280. The Hall–Kier alpha value is -4.15. The van der Waals surface area contributed by atoms with Crippen LogP contribution in [0.4, 0.5) is 0 Å². The van der Waals surface area contributed by atoms with Crippen molar-refractivity contribution in [1.82, 2.24) is 19.7 Å². The maximum absolute atomic E-state index is 12.5. The summed E-state index contributed by atoms with van der Waals surface area (Å²) in [5.41, 5.74) is -0.757. The van der Waals surface area contributed by atoms with Crippen molar-refractivity contribution in [3.8, 4) is 22.8 Å². The predicted octanol–water partition coefficient (Wildman–Crippen LogP) is 0.145. The number of hydrogen-bond acceptors (Lipinski definition) is 7. The Morgan fingerprint density at radius 2 is 1.93 bits per heavy atom. The number of aromatic nitrogens is 3. The Morgan fingerprint density at radius 1 is 1.24 bits per heavy atom. The number of hydrogen-bond donors (Lipinski definition) is 3. The molecule has 0 radical (unpaired) electrons. The van der Waals surface area contributed by atoms with E-state index in [9.17, 15) is 24.3 Å². The molecule has 0 saturated heterocycles. The van der Waals surface area contributed by atoms with Gasteiger partial charge < -0.3 is 20.3 Å². The van der Waals surface area contributed by atoms with Crippen molar-refractivity contribution < 1.29 is 29.3 Å². The molecule has 0 spiro atoms. The average molecular weight is 400 g/mol. The lowest BCUT2D eigenvalue weighted by Crippen LogP contribution is -2.36. The van der Waals surface area contributed by atoms with Crippen molar-refractivity contribution in [3.05, 3.63) is 46.2 Å². The molecular weight excluding hydrogens is 384 g/mol. The van der Waals surface area contributed by atoms with E-state index in [-0.39, 0.29) is 17.0 Å². The van der Waals surface area contributed by atoms with Crippen LogP contribution in [-0.4, -0.2) is 49.0 Å². The van der Waals surface area contributed by atoms with Crippen LogP contribution < -0.4 is 15.6 Å². The molecule has 3 aromatic rings. The van der Waals surface area contributed by atoms with Crippen LogP contribution in [0, 0.1) is 0 Å². The van der Waals surface area contributed by atoms with E-state index < -0.39 is 41.3 Å². The highest BCUT2D eigenvalue weighted by atomic mass is 16.5. The van der Waals surface area contributed by atoms with Crippen LogP contribution >= 0.6 is 0 Å². The van der Waals surface area contributed by atoms with Gasteiger partial charge in [0.2, 0.25) is 0 Å².